The molecule has 0 fully saturated rings. The summed E-state index contributed by atoms with van der Waals surface area (Å²) in [5.74, 6) is 1.65. The van der Waals surface area contributed by atoms with Gasteiger partial charge in [-0.2, -0.15) is 0 Å². The number of carbonyl (C=O) groups is 1. The Bertz CT molecular complexity index is 827. The molecule has 1 amide bonds. The molecule has 0 aromatic heterocycles. The van der Waals surface area contributed by atoms with Gasteiger partial charge in [-0.25, -0.2) is 0 Å². The Morgan fingerprint density at radius 2 is 1.89 bits per heavy atom. The zero-order chi connectivity index (χ0) is 20.5. The number of para-hydroxylation sites is 2. The Hall–Kier alpha value is -2.12. The van der Waals surface area contributed by atoms with Crippen LogP contribution in [0.25, 0.3) is 0 Å². The van der Waals surface area contributed by atoms with E-state index in [4.69, 9.17) is 21.7 Å². The van der Waals surface area contributed by atoms with Crippen molar-refractivity contribution >= 4 is 44.9 Å². The molecule has 2 aromatic rings. The number of amides is 1. The molecule has 28 heavy (non-hydrogen) atoms. The van der Waals surface area contributed by atoms with Gasteiger partial charge in [0.1, 0.15) is 11.5 Å². The maximum Gasteiger partial charge on any atom is 0.257 e. The van der Waals surface area contributed by atoms with E-state index in [-0.39, 0.29) is 11.0 Å². The van der Waals surface area contributed by atoms with Gasteiger partial charge in [0.2, 0.25) is 0 Å². The maximum atomic E-state index is 12.5. The highest BCUT2D eigenvalue weighted by atomic mass is 79.9. The smallest absolute Gasteiger partial charge is 0.257 e. The molecule has 0 bridgehead atoms. The first kappa shape index (κ1) is 22.2. The van der Waals surface area contributed by atoms with Crippen LogP contribution in [0.3, 0.4) is 0 Å². The predicted octanol–water partition coefficient (Wildman–Crippen LogP) is 5.40. The summed E-state index contributed by atoms with van der Waals surface area (Å²) in [5, 5.41) is 5.88. The maximum absolute atomic E-state index is 12.5. The van der Waals surface area contributed by atoms with Crippen LogP contribution in [0, 0.1) is 5.92 Å². The third-order valence-corrected chi connectivity index (χ3v) is 4.63. The zero-order valence-electron chi connectivity index (χ0n) is 16.3. The number of rotatable bonds is 8. The Morgan fingerprint density at radius 1 is 1.14 bits per heavy atom. The van der Waals surface area contributed by atoms with Crippen LogP contribution in [-0.2, 0) is 0 Å². The number of hydrogen-bond acceptors (Lipinski definition) is 4. The zero-order valence-corrected chi connectivity index (χ0v) is 18.7. The minimum atomic E-state index is -0.305. The van der Waals surface area contributed by atoms with Crippen molar-refractivity contribution in [1.82, 2.24) is 5.32 Å². The van der Waals surface area contributed by atoms with Crippen LogP contribution in [0.5, 0.6) is 11.5 Å². The number of nitrogens with one attached hydrogen (secondary N) is 2. The number of anilines is 1. The van der Waals surface area contributed by atoms with Crippen LogP contribution in [-0.4, -0.2) is 24.2 Å². The van der Waals surface area contributed by atoms with Gasteiger partial charge in [0.25, 0.3) is 5.91 Å². The average molecular weight is 465 g/mol. The van der Waals surface area contributed by atoms with E-state index in [0.717, 1.165) is 10.9 Å². The summed E-state index contributed by atoms with van der Waals surface area (Å²) in [6.07, 6.45) is 0.970. The molecular formula is C21H25BrN2O3S. The van der Waals surface area contributed by atoms with Gasteiger partial charge < -0.3 is 14.8 Å². The first-order chi connectivity index (χ1) is 13.4. The van der Waals surface area contributed by atoms with Crippen LogP contribution in [0.4, 0.5) is 5.69 Å². The molecule has 2 aromatic carbocycles. The molecule has 2 N–H and O–H groups in total. The summed E-state index contributed by atoms with van der Waals surface area (Å²) >= 11 is 8.72. The number of benzene rings is 2. The van der Waals surface area contributed by atoms with Gasteiger partial charge in [-0.15, -0.1) is 0 Å². The summed E-state index contributed by atoms with van der Waals surface area (Å²) < 4.78 is 12.0. The van der Waals surface area contributed by atoms with Gasteiger partial charge in [-0.3, -0.25) is 10.1 Å². The first-order valence-electron chi connectivity index (χ1n) is 9.17. The van der Waals surface area contributed by atoms with E-state index < -0.39 is 0 Å². The second kappa shape index (κ2) is 11.0. The normalized spacial score (nSPS) is 10.5. The molecule has 5 nitrogen and oxygen atoms in total. The Morgan fingerprint density at radius 3 is 2.57 bits per heavy atom. The summed E-state index contributed by atoms with van der Waals surface area (Å²) in [7, 11) is 0. The third-order valence-electron chi connectivity index (χ3n) is 3.81. The van der Waals surface area contributed by atoms with Gasteiger partial charge in [0.05, 0.1) is 23.4 Å². The molecule has 0 atom stereocenters. The molecule has 0 saturated heterocycles. The van der Waals surface area contributed by atoms with Crippen molar-refractivity contribution in [1.29, 1.82) is 0 Å². The van der Waals surface area contributed by atoms with Crippen LogP contribution >= 0.6 is 28.1 Å². The summed E-state index contributed by atoms with van der Waals surface area (Å²) in [4.78, 5) is 12.5. The van der Waals surface area contributed by atoms with Crippen molar-refractivity contribution in [3.63, 3.8) is 0 Å². The summed E-state index contributed by atoms with van der Waals surface area (Å²) in [5.41, 5.74) is 1.18. The topological polar surface area (TPSA) is 59.6 Å². The highest BCUT2D eigenvalue weighted by Gasteiger charge is 2.12. The van der Waals surface area contributed by atoms with Crippen LogP contribution in [0.2, 0.25) is 0 Å². The Labute approximate surface area is 179 Å². The number of carbonyl (C=O) groups excluding carboxylic acids is 1. The molecule has 0 heterocycles. The molecule has 0 aliphatic carbocycles. The number of thiocarbonyl (C=S) groups is 1. The Kier molecular flexibility index (Phi) is 8.73. The fourth-order valence-corrected chi connectivity index (χ4v) is 3.04. The van der Waals surface area contributed by atoms with Gasteiger partial charge in [-0.1, -0.05) is 26.0 Å². The lowest BCUT2D eigenvalue weighted by molar-refractivity contribution is 0.0977. The molecule has 0 radical (unpaired) electrons. The lowest BCUT2D eigenvalue weighted by Gasteiger charge is -2.14. The van der Waals surface area contributed by atoms with Crippen molar-refractivity contribution in [3.05, 3.63) is 52.5 Å². The van der Waals surface area contributed by atoms with E-state index in [2.05, 4.69) is 40.4 Å². The number of hydrogen-bond donors (Lipinski definition) is 2. The number of ether oxygens (including phenoxy) is 2. The van der Waals surface area contributed by atoms with E-state index in [1.165, 1.54) is 0 Å². The minimum Gasteiger partial charge on any atom is -0.492 e. The van der Waals surface area contributed by atoms with Crippen LogP contribution in [0.1, 0.15) is 37.6 Å². The Balaban J connectivity index is 1.97. The minimum absolute atomic E-state index is 0.200. The molecule has 0 spiro atoms. The van der Waals surface area contributed by atoms with Crippen molar-refractivity contribution < 1.29 is 14.3 Å². The van der Waals surface area contributed by atoms with E-state index >= 15 is 0 Å². The van der Waals surface area contributed by atoms with E-state index in [9.17, 15) is 4.79 Å². The van der Waals surface area contributed by atoms with Crippen molar-refractivity contribution in [2.45, 2.75) is 27.2 Å². The molecule has 0 unspecified atom stereocenters. The van der Waals surface area contributed by atoms with Crippen LogP contribution in [0.15, 0.2) is 46.9 Å². The van der Waals surface area contributed by atoms with Gasteiger partial charge >= 0.3 is 0 Å². The molecule has 7 heteroatoms. The predicted molar refractivity (Wildman–Crippen MR) is 120 cm³/mol. The highest BCUT2D eigenvalue weighted by molar-refractivity contribution is 9.10. The van der Waals surface area contributed by atoms with Gasteiger partial charge in [0, 0.05) is 5.56 Å². The molecular weight excluding hydrogens is 440 g/mol. The second-order valence-electron chi connectivity index (χ2n) is 6.51. The lowest BCUT2D eigenvalue weighted by atomic mass is 10.1. The standard InChI is InChI=1S/C21H25BrN2O3S/c1-4-26-19-8-6-5-7-17(19)23-21(28)24-20(25)15-9-10-18(16(22)13-15)27-12-11-14(2)3/h5-10,13-14H,4,11-12H2,1-3H3,(H2,23,24,25,28). The lowest BCUT2D eigenvalue weighted by Crippen LogP contribution is -2.34. The first-order valence-corrected chi connectivity index (χ1v) is 10.4. The molecule has 2 rings (SSSR count). The quantitative estimate of drug-likeness (QED) is 0.512. The van der Waals surface area contributed by atoms with E-state index in [1.807, 2.05) is 31.2 Å². The van der Waals surface area contributed by atoms with Crippen molar-refractivity contribution in [2.75, 3.05) is 18.5 Å². The van der Waals surface area contributed by atoms with Crippen molar-refractivity contribution in [2.24, 2.45) is 5.92 Å². The van der Waals surface area contributed by atoms with Gasteiger partial charge in [0.15, 0.2) is 5.11 Å². The molecule has 150 valence electrons. The molecule has 0 saturated carbocycles. The highest BCUT2D eigenvalue weighted by Crippen LogP contribution is 2.27. The summed E-state index contributed by atoms with van der Waals surface area (Å²) in [6, 6.07) is 12.6. The average Bonchev–Trinajstić information content (AvgIpc) is 2.64. The molecule has 0 aliphatic rings. The largest absolute Gasteiger partial charge is 0.492 e. The number of halogens is 1. The second-order valence-corrected chi connectivity index (χ2v) is 7.78. The van der Waals surface area contributed by atoms with E-state index in [0.29, 0.717) is 41.9 Å². The SMILES string of the molecule is CCOc1ccccc1NC(=S)NC(=O)c1ccc(OCCC(C)C)c(Br)c1. The molecule has 0 aliphatic heterocycles. The monoisotopic (exact) mass is 464 g/mol. The van der Waals surface area contributed by atoms with E-state index in [1.54, 1.807) is 18.2 Å². The fourth-order valence-electron chi connectivity index (χ4n) is 2.34. The van der Waals surface area contributed by atoms with Gasteiger partial charge in [-0.05, 0) is 77.7 Å². The van der Waals surface area contributed by atoms with Crippen molar-refractivity contribution in [3.8, 4) is 11.5 Å². The van der Waals surface area contributed by atoms with Crippen LogP contribution < -0.4 is 20.1 Å². The third kappa shape index (κ3) is 6.80. The fraction of sp³-hybridized carbons (Fsp3) is 0.333. The summed E-state index contributed by atoms with van der Waals surface area (Å²) in [6.45, 7) is 7.38.